The number of nitrogens with one attached hydrogen (secondary N) is 1. The number of carbonyl (C=O) groups excluding carboxylic acids is 1. The number of amides is 1. The van der Waals surface area contributed by atoms with Gasteiger partial charge in [-0.15, -0.1) is 0 Å². The Morgan fingerprint density at radius 1 is 1.41 bits per heavy atom. The van der Waals surface area contributed by atoms with Crippen LogP contribution in [0.4, 0.5) is 0 Å². The van der Waals surface area contributed by atoms with Gasteiger partial charge in [0.1, 0.15) is 0 Å². The molecule has 2 saturated heterocycles. The summed E-state index contributed by atoms with van der Waals surface area (Å²) in [7, 11) is 0. The SMILES string of the molecule is CC[C@@H]1NCCC[C@]12CCC(=O)N2CC1CC1. The van der Waals surface area contributed by atoms with Crippen molar-refractivity contribution in [3.63, 3.8) is 0 Å². The first kappa shape index (κ1) is 11.5. The Kier molecular flexibility index (Phi) is 2.89. The van der Waals surface area contributed by atoms with Crippen LogP contribution >= 0.6 is 0 Å². The van der Waals surface area contributed by atoms with Crippen LogP contribution in [0.1, 0.15) is 51.9 Å². The molecule has 2 heterocycles. The van der Waals surface area contributed by atoms with Crippen molar-refractivity contribution in [3.8, 4) is 0 Å². The maximum Gasteiger partial charge on any atom is 0.223 e. The molecular formula is C14H24N2O. The Labute approximate surface area is 104 Å². The third kappa shape index (κ3) is 1.88. The average Bonchev–Trinajstić information content (AvgIpc) is 3.12. The highest BCUT2D eigenvalue weighted by Crippen LogP contribution is 2.43. The monoisotopic (exact) mass is 236 g/mol. The fraction of sp³-hybridized carbons (Fsp3) is 0.929. The number of likely N-dealkylation sites (tertiary alicyclic amines) is 1. The number of carbonyl (C=O) groups is 1. The molecule has 1 saturated carbocycles. The molecule has 1 spiro atoms. The Balaban J connectivity index is 1.83. The van der Waals surface area contributed by atoms with E-state index in [2.05, 4.69) is 17.1 Å². The average molecular weight is 236 g/mol. The zero-order chi connectivity index (χ0) is 11.9. The third-order valence-electron chi connectivity index (χ3n) is 4.98. The van der Waals surface area contributed by atoms with Gasteiger partial charge in [-0.1, -0.05) is 6.92 Å². The largest absolute Gasteiger partial charge is 0.335 e. The van der Waals surface area contributed by atoms with Gasteiger partial charge in [0.05, 0.1) is 5.54 Å². The van der Waals surface area contributed by atoms with Crippen molar-refractivity contribution in [1.29, 1.82) is 0 Å². The molecular weight excluding hydrogens is 212 g/mol. The fourth-order valence-corrected chi connectivity index (χ4v) is 3.87. The number of hydrogen-bond donors (Lipinski definition) is 1. The van der Waals surface area contributed by atoms with Crippen molar-refractivity contribution < 1.29 is 4.79 Å². The van der Waals surface area contributed by atoms with Gasteiger partial charge in [0.25, 0.3) is 0 Å². The van der Waals surface area contributed by atoms with Gasteiger partial charge >= 0.3 is 0 Å². The lowest BCUT2D eigenvalue weighted by atomic mass is 9.78. The summed E-state index contributed by atoms with van der Waals surface area (Å²) in [5.41, 5.74) is 0.173. The number of rotatable bonds is 3. The van der Waals surface area contributed by atoms with E-state index in [9.17, 15) is 4.79 Å². The van der Waals surface area contributed by atoms with Crippen LogP contribution in [0.25, 0.3) is 0 Å². The molecule has 96 valence electrons. The standard InChI is InChI=1S/C14H24N2O/c1-2-12-14(7-3-9-15-12)8-6-13(17)16(14)10-11-4-5-11/h11-12,15H,2-10H2,1H3/t12-,14-/m0/s1. The maximum atomic E-state index is 12.2. The van der Waals surface area contributed by atoms with Crippen LogP contribution < -0.4 is 5.32 Å². The zero-order valence-electron chi connectivity index (χ0n) is 10.9. The van der Waals surface area contributed by atoms with E-state index in [1.807, 2.05) is 0 Å². The highest BCUT2D eigenvalue weighted by Gasteiger charge is 2.51. The molecule has 3 rings (SSSR count). The summed E-state index contributed by atoms with van der Waals surface area (Å²) in [5.74, 6) is 1.23. The van der Waals surface area contributed by atoms with Crippen LogP contribution in [0.15, 0.2) is 0 Å². The zero-order valence-corrected chi connectivity index (χ0v) is 10.9. The summed E-state index contributed by atoms with van der Waals surface area (Å²) in [5, 5.41) is 3.65. The third-order valence-corrected chi connectivity index (χ3v) is 4.98. The number of piperidine rings is 1. The van der Waals surface area contributed by atoms with Crippen LogP contribution in [-0.2, 0) is 4.79 Å². The van der Waals surface area contributed by atoms with E-state index in [0.29, 0.717) is 11.9 Å². The van der Waals surface area contributed by atoms with Crippen molar-refractivity contribution in [2.24, 2.45) is 5.92 Å². The second-order valence-corrected chi connectivity index (χ2v) is 6.07. The highest BCUT2D eigenvalue weighted by molar-refractivity contribution is 5.80. The van der Waals surface area contributed by atoms with Crippen LogP contribution in [0, 0.1) is 5.92 Å². The lowest BCUT2D eigenvalue weighted by Gasteiger charge is -2.48. The molecule has 0 bridgehead atoms. The van der Waals surface area contributed by atoms with Crippen molar-refractivity contribution >= 4 is 5.91 Å². The Bertz CT molecular complexity index is 313. The van der Waals surface area contributed by atoms with E-state index in [1.54, 1.807) is 0 Å². The summed E-state index contributed by atoms with van der Waals surface area (Å²) in [4.78, 5) is 14.4. The Morgan fingerprint density at radius 3 is 2.94 bits per heavy atom. The molecule has 0 aromatic carbocycles. The lowest BCUT2D eigenvalue weighted by molar-refractivity contribution is -0.133. The van der Waals surface area contributed by atoms with E-state index < -0.39 is 0 Å². The highest BCUT2D eigenvalue weighted by atomic mass is 16.2. The molecule has 3 fully saturated rings. The van der Waals surface area contributed by atoms with Crippen molar-refractivity contribution in [2.45, 2.75) is 63.5 Å². The summed E-state index contributed by atoms with van der Waals surface area (Å²) in [6.45, 7) is 4.42. The summed E-state index contributed by atoms with van der Waals surface area (Å²) in [6, 6.07) is 0.529. The minimum Gasteiger partial charge on any atom is -0.335 e. The van der Waals surface area contributed by atoms with Gasteiger partial charge in [-0.3, -0.25) is 4.79 Å². The molecule has 1 amide bonds. The molecule has 0 aromatic heterocycles. The second kappa shape index (κ2) is 4.27. The van der Waals surface area contributed by atoms with Crippen LogP contribution in [0.2, 0.25) is 0 Å². The van der Waals surface area contributed by atoms with Crippen LogP contribution in [0.3, 0.4) is 0 Å². The van der Waals surface area contributed by atoms with Gasteiger partial charge in [0, 0.05) is 19.0 Å². The topological polar surface area (TPSA) is 32.3 Å². The van der Waals surface area contributed by atoms with E-state index in [4.69, 9.17) is 0 Å². The van der Waals surface area contributed by atoms with E-state index in [0.717, 1.165) is 38.3 Å². The maximum absolute atomic E-state index is 12.2. The predicted octanol–water partition coefficient (Wildman–Crippen LogP) is 1.92. The van der Waals surface area contributed by atoms with Gasteiger partial charge < -0.3 is 10.2 Å². The van der Waals surface area contributed by atoms with Gasteiger partial charge in [0.15, 0.2) is 0 Å². The molecule has 17 heavy (non-hydrogen) atoms. The molecule has 2 aliphatic heterocycles. The summed E-state index contributed by atoms with van der Waals surface area (Å²) < 4.78 is 0. The Hall–Kier alpha value is -0.570. The Morgan fingerprint density at radius 2 is 2.24 bits per heavy atom. The summed E-state index contributed by atoms with van der Waals surface area (Å²) in [6.07, 6.45) is 8.14. The predicted molar refractivity (Wildman–Crippen MR) is 67.7 cm³/mol. The fourth-order valence-electron chi connectivity index (χ4n) is 3.87. The summed E-state index contributed by atoms with van der Waals surface area (Å²) >= 11 is 0. The minimum absolute atomic E-state index is 0.173. The normalized spacial score (nSPS) is 38.1. The molecule has 2 atom stereocenters. The number of hydrogen-bond acceptors (Lipinski definition) is 2. The molecule has 1 aliphatic carbocycles. The first-order chi connectivity index (χ1) is 8.26. The van der Waals surface area contributed by atoms with Crippen LogP contribution in [0.5, 0.6) is 0 Å². The van der Waals surface area contributed by atoms with E-state index >= 15 is 0 Å². The van der Waals surface area contributed by atoms with Gasteiger partial charge in [-0.25, -0.2) is 0 Å². The lowest BCUT2D eigenvalue weighted by Crippen LogP contribution is -2.62. The van der Waals surface area contributed by atoms with Crippen molar-refractivity contribution in [2.75, 3.05) is 13.1 Å². The van der Waals surface area contributed by atoms with Crippen molar-refractivity contribution in [3.05, 3.63) is 0 Å². The molecule has 0 radical (unpaired) electrons. The molecule has 0 aromatic rings. The smallest absolute Gasteiger partial charge is 0.223 e. The quantitative estimate of drug-likeness (QED) is 0.812. The van der Waals surface area contributed by atoms with Crippen LogP contribution in [-0.4, -0.2) is 35.5 Å². The molecule has 1 N–H and O–H groups in total. The van der Waals surface area contributed by atoms with E-state index in [-0.39, 0.29) is 5.54 Å². The molecule has 3 nitrogen and oxygen atoms in total. The molecule has 0 unspecified atom stereocenters. The van der Waals surface area contributed by atoms with Gasteiger partial charge in [0.2, 0.25) is 5.91 Å². The molecule has 3 aliphatic rings. The van der Waals surface area contributed by atoms with Gasteiger partial charge in [-0.05, 0) is 51.0 Å². The first-order valence-electron chi connectivity index (χ1n) is 7.30. The number of nitrogens with zero attached hydrogens (tertiary/aromatic N) is 1. The minimum atomic E-state index is 0.173. The van der Waals surface area contributed by atoms with Crippen molar-refractivity contribution in [1.82, 2.24) is 10.2 Å². The first-order valence-corrected chi connectivity index (χ1v) is 7.30. The van der Waals surface area contributed by atoms with Gasteiger partial charge in [-0.2, -0.15) is 0 Å². The molecule has 3 heteroatoms. The van der Waals surface area contributed by atoms with E-state index in [1.165, 1.54) is 25.7 Å². The second-order valence-electron chi connectivity index (χ2n) is 6.07.